The van der Waals surface area contributed by atoms with Crippen LogP contribution in [0.15, 0.2) is 83.1 Å². The first kappa shape index (κ1) is 19.2. The van der Waals surface area contributed by atoms with Crippen molar-refractivity contribution in [3.63, 3.8) is 0 Å². The van der Waals surface area contributed by atoms with E-state index in [9.17, 15) is 9.59 Å². The molecule has 0 atom stereocenters. The van der Waals surface area contributed by atoms with Gasteiger partial charge in [0.1, 0.15) is 0 Å². The normalized spacial score (nSPS) is 10.8. The minimum Gasteiger partial charge on any atom is -0.272 e. The zero-order valence-electron chi connectivity index (χ0n) is 15.4. The van der Waals surface area contributed by atoms with Crippen LogP contribution in [0.5, 0.6) is 0 Å². The predicted octanol–water partition coefficient (Wildman–Crippen LogP) is 3.86. The second-order valence-electron chi connectivity index (χ2n) is 6.18. The van der Waals surface area contributed by atoms with E-state index in [-0.39, 0.29) is 17.2 Å². The Kier molecular flexibility index (Phi) is 5.92. The van der Waals surface area contributed by atoms with Crippen molar-refractivity contribution in [2.75, 3.05) is 10.8 Å². The minimum absolute atomic E-state index is 0.101. The van der Waals surface area contributed by atoms with Crippen LogP contribution < -0.4 is 16.0 Å². The molecule has 2 heterocycles. The molecule has 6 nitrogen and oxygen atoms in total. The van der Waals surface area contributed by atoms with Gasteiger partial charge in [-0.1, -0.05) is 36.4 Å². The minimum atomic E-state index is -0.128. The van der Waals surface area contributed by atoms with Crippen molar-refractivity contribution in [1.29, 1.82) is 0 Å². The van der Waals surface area contributed by atoms with Gasteiger partial charge in [0.15, 0.2) is 4.96 Å². The molecule has 4 rings (SSSR count). The molecule has 0 aliphatic rings. The largest absolute Gasteiger partial charge is 0.272 e. The highest BCUT2D eigenvalue weighted by Crippen LogP contribution is 2.22. The average Bonchev–Trinajstić information content (AvgIpc) is 3.23. The number of aromatic nitrogens is 2. The number of amides is 1. The van der Waals surface area contributed by atoms with Crippen LogP contribution in [0.2, 0.25) is 0 Å². The van der Waals surface area contributed by atoms with E-state index in [1.807, 2.05) is 66.0 Å². The fraction of sp³-hybridized carbons (Fsp3) is 0.0952. The summed E-state index contributed by atoms with van der Waals surface area (Å²) in [7, 11) is 0. The fourth-order valence-corrected chi connectivity index (χ4v) is 4.25. The monoisotopic (exact) mass is 422 g/mol. The summed E-state index contributed by atoms with van der Waals surface area (Å²) < 4.78 is 1.52. The summed E-state index contributed by atoms with van der Waals surface area (Å²) in [5.41, 5.74) is 5.28. The van der Waals surface area contributed by atoms with E-state index in [0.29, 0.717) is 16.4 Å². The molecule has 0 saturated carbocycles. The first-order chi connectivity index (χ1) is 14.2. The van der Waals surface area contributed by atoms with Crippen LogP contribution in [0, 0.1) is 0 Å². The lowest BCUT2D eigenvalue weighted by Gasteiger charge is -2.25. The molecule has 1 amide bonds. The number of thiazole rings is 1. The highest BCUT2D eigenvalue weighted by Gasteiger charge is 2.13. The van der Waals surface area contributed by atoms with Crippen molar-refractivity contribution < 1.29 is 4.79 Å². The van der Waals surface area contributed by atoms with E-state index in [4.69, 9.17) is 0 Å². The van der Waals surface area contributed by atoms with Crippen LogP contribution in [0.4, 0.5) is 11.4 Å². The summed E-state index contributed by atoms with van der Waals surface area (Å²) in [6, 6.07) is 20.9. The molecule has 146 valence electrons. The van der Waals surface area contributed by atoms with Crippen LogP contribution in [-0.4, -0.2) is 21.0 Å². The smallest absolute Gasteiger partial charge is 0.258 e. The molecule has 0 bridgehead atoms. The van der Waals surface area contributed by atoms with Gasteiger partial charge >= 0.3 is 0 Å². The van der Waals surface area contributed by atoms with Gasteiger partial charge in [-0.2, -0.15) is 0 Å². The Bertz CT molecular complexity index is 1120. The van der Waals surface area contributed by atoms with Gasteiger partial charge in [0, 0.05) is 23.4 Å². The number of para-hydroxylation sites is 2. The quantitative estimate of drug-likeness (QED) is 0.458. The highest BCUT2D eigenvalue weighted by atomic mass is 32.2. The molecular weight excluding hydrogens is 404 g/mol. The zero-order chi connectivity index (χ0) is 20.1. The van der Waals surface area contributed by atoms with Gasteiger partial charge in [-0.15, -0.1) is 23.1 Å². The molecule has 1 N–H and O–H groups in total. The average molecular weight is 423 g/mol. The maximum atomic E-state index is 12.6. The number of hydrazine groups is 1. The third-order valence-electron chi connectivity index (χ3n) is 4.10. The molecule has 0 fully saturated rings. The molecule has 0 saturated heterocycles. The topological polar surface area (TPSA) is 66.7 Å². The van der Waals surface area contributed by atoms with Crippen molar-refractivity contribution in [3.05, 3.63) is 94.4 Å². The van der Waals surface area contributed by atoms with Crippen LogP contribution in [0.1, 0.15) is 5.69 Å². The highest BCUT2D eigenvalue weighted by molar-refractivity contribution is 7.99. The molecule has 2 aromatic carbocycles. The Labute approximate surface area is 175 Å². The summed E-state index contributed by atoms with van der Waals surface area (Å²) in [4.78, 5) is 29.8. The summed E-state index contributed by atoms with van der Waals surface area (Å²) in [5.74, 6) is 0.617. The van der Waals surface area contributed by atoms with E-state index in [0.717, 1.165) is 11.4 Å². The number of nitrogens with one attached hydrogen (secondary N) is 1. The molecular formula is C21H18N4O2S2. The number of thioether (sulfide) groups is 1. The van der Waals surface area contributed by atoms with Crippen LogP contribution in [-0.2, 0) is 10.5 Å². The Morgan fingerprint density at radius 2 is 1.72 bits per heavy atom. The van der Waals surface area contributed by atoms with Crippen molar-refractivity contribution in [3.8, 4) is 0 Å². The Morgan fingerprint density at radius 3 is 2.38 bits per heavy atom. The van der Waals surface area contributed by atoms with E-state index in [1.54, 1.807) is 11.2 Å². The molecule has 4 aromatic rings. The lowest BCUT2D eigenvalue weighted by Crippen LogP contribution is -2.40. The van der Waals surface area contributed by atoms with Gasteiger partial charge in [0.2, 0.25) is 5.91 Å². The van der Waals surface area contributed by atoms with E-state index < -0.39 is 0 Å². The predicted molar refractivity (Wildman–Crippen MR) is 119 cm³/mol. The maximum Gasteiger partial charge on any atom is 0.258 e. The van der Waals surface area contributed by atoms with Gasteiger partial charge in [-0.05, 0) is 24.3 Å². The number of nitrogens with zero attached hydrogens (tertiary/aromatic N) is 3. The van der Waals surface area contributed by atoms with Gasteiger partial charge < -0.3 is 0 Å². The van der Waals surface area contributed by atoms with E-state index >= 15 is 0 Å². The summed E-state index contributed by atoms with van der Waals surface area (Å²) >= 11 is 2.84. The van der Waals surface area contributed by atoms with Crippen LogP contribution in [0.3, 0.4) is 0 Å². The SMILES string of the molecule is O=C(CSCc1cc(=O)n2ccsc2n1)NN(c1ccccc1)c1ccccc1. The second-order valence-corrected chi connectivity index (χ2v) is 8.03. The van der Waals surface area contributed by atoms with Gasteiger partial charge in [0.25, 0.3) is 5.56 Å². The summed E-state index contributed by atoms with van der Waals surface area (Å²) in [6.45, 7) is 0. The summed E-state index contributed by atoms with van der Waals surface area (Å²) in [5, 5.41) is 3.60. The molecule has 29 heavy (non-hydrogen) atoms. The van der Waals surface area contributed by atoms with Crippen molar-refractivity contribution in [2.45, 2.75) is 5.75 Å². The molecule has 0 aliphatic carbocycles. The maximum absolute atomic E-state index is 12.6. The third kappa shape index (κ3) is 4.67. The van der Waals surface area contributed by atoms with Crippen molar-refractivity contribution in [2.24, 2.45) is 0 Å². The lowest BCUT2D eigenvalue weighted by atomic mass is 10.2. The zero-order valence-corrected chi connectivity index (χ0v) is 17.0. The number of hydrogen-bond acceptors (Lipinski definition) is 6. The number of benzene rings is 2. The van der Waals surface area contributed by atoms with Gasteiger partial charge in [0.05, 0.1) is 22.8 Å². The molecule has 8 heteroatoms. The van der Waals surface area contributed by atoms with Crippen LogP contribution in [0.25, 0.3) is 4.96 Å². The summed E-state index contributed by atoms with van der Waals surface area (Å²) in [6.07, 6.45) is 1.71. The van der Waals surface area contributed by atoms with Crippen molar-refractivity contribution >= 4 is 45.3 Å². The van der Waals surface area contributed by atoms with E-state index in [1.165, 1.54) is 33.6 Å². The number of carbonyl (C=O) groups is 1. The number of anilines is 2. The van der Waals surface area contributed by atoms with E-state index in [2.05, 4.69) is 10.4 Å². The number of carbonyl (C=O) groups excluding carboxylic acids is 1. The second kappa shape index (κ2) is 8.93. The molecule has 2 aromatic heterocycles. The van der Waals surface area contributed by atoms with Crippen molar-refractivity contribution in [1.82, 2.24) is 14.8 Å². The first-order valence-electron chi connectivity index (χ1n) is 8.94. The fourth-order valence-electron chi connectivity index (χ4n) is 2.80. The Balaban J connectivity index is 1.41. The molecule has 0 unspecified atom stereocenters. The van der Waals surface area contributed by atoms with Gasteiger partial charge in [-0.25, -0.2) is 4.98 Å². The van der Waals surface area contributed by atoms with Gasteiger partial charge in [-0.3, -0.25) is 24.4 Å². The molecule has 0 spiro atoms. The standard InChI is InChI=1S/C21H18N4O2S2/c26-19(15-28-14-16-13-20(27)24-11-12-29-21(24)22-16)23-25(17-7-3-1-4-8-17)18-9-5-2-6-10-18/h1-13H,14-15H2,(H,23,26). The Hall–Kier alpha value is -3.10. The number of fused-ring (bicyclic) bond motifs is 1. The third-order valence-corrected chi connectivity index (χ3v) is 5.83. The number of rotatable bonds is 7. The Morgan fingerprint density at radius 1 is 1.07 bits per heavy atom. The number of hydrogen-bond donors (Lipinski definition) is 1. The first-order valence-corrected chi connectivity index (χ1v) is 11.0. The molecule has 0 radical (unpaired) electrons. The molecule has 0 aliphatic heterocycles. The van der Waals surface area contributed by atoms with Crippen LogP contribution >= 0.6 is 23.1 Å². The lowest BCUT2D eigenvalue weighted by molar-refractivity contribution is -0.118.